The molecule has 3 heteroatoms. The van der Waals surface area contributed by atoms with Gasteiger partial charge in [-0.1, -0.05) is 44.5 Å². The summed E-state index contributed by atoms with van der Waals surface area (Å²) in [6.45, 7) is 6.48. The molecular formula is C13H13BrClN. The molecule has 2 aromatic rings. The number of nitrogens with zero attached hydrogens (tertiary/aromatic N) is 1. The highest BCUT2D eigenvalue weighted by molar-refractivity contribution is 9.10. The molecule has 0 aliphatic heterocycles. The SMILES string of the molecule is CC(C)(C)c1c(Cl)cnc2c(Br)cccc12. The fourth-order valence-corrected chi connectivity index (χ4v) is 2.83. The van der Waals surface area contributed by atoms with Gasteiger partial charge in [-0.25, -0.2) is 0 Å². The Balaban J connectivity index is 2.91. The first-order chi connectivity index (χ1) is 7.41. The van der Waals surface area contributed by atoms with E-state index in [0.29, 0.717) is 0 Å². The van der Waals surface area contributed by atoms with Crippen molar-refractivity contribution in [1.29, 1.82) is 0 Å². The summed E-state index contributed by atoms with van der Waals surface area (Å²) >= 11 is 9.78. The Hall–Kier alpha value is -0.600. The van der Waals surface area contributed by atoms with E-state index in [1.54, 1.807) is 6.20 Å². The van der Waals surface area contributed by atoms with Crippen molar-refractivity contribution in [3.05, 3.63) is 39.5 Å². The van der Waals surface area contributed by atoms with E-state index in [2.05, 4.69) is 47.8 Å². The second-order valence-electron chi connectivity index (χ2n) is 4.87. The van der Waals surface area contributed by atoms with Gasteiger partial charge in [0.2, 0.25) is 0 Å². The number of aromatic nitrogens is 1. The molecule has 0 amide bonds. The lowest BCUT2D eigenvalue weighted by molar-refractivity contribution is 0.595. The largest absolute Gasteiger partial charge is 0.253 e. The van der Waals surface area contributed by atoms with Crippen LogP contribution in [0.1, 0.15) is 26.3 Å². The number of benzene rings is 1. The highest BCUT2D eigenvalue weighted by Gasteiger charge is 2.21. The number of rotatable bonds is 0. The Kier molecular flexibility index (Phi) is 2.97. The average molecular weight is 299 g/mol. The van der Waals surface area contributed by atoms with Gasteiger partial charge in [-0.2, -0.15) is 0 Å². The topological polar surface area (TPSA) is 12.9 Å². The molecule has 0 aliphatic carbocycles. The van der Waals surface area contributed by atoms with Crippen LogP contribution in [0.5, 0.6) is 0 Å². The molecule has 84 valence electrons. The Bertz CT molecular complexity index is 543. The molecule has 0 saturated heterocycles. The van der Waals surface area contributed by atoms with Crippen LogP contribution in [0.2, 0.25) is 5.02 Å². The Morgan fingerprint density at radius 2 is 1.94 bits per heavy atom. The molecule has 1 heterocycles. The second-order valence-corrected chi connectivity index (χ2v) is 6.13. The fraction of sp³-hybridized carbons (Fsp3) is 0.308. The Labute approximate surface area is 109 Å². The number of pyridine rings is 1. The van der Waals surface area contributed by atoms with Crippen molar-refractivity contribution in [2.75, 3.05) is 0 Å². The van der Waals surface area contributed by atoms with Crippen molar-refractivity contribution >= 4 is 38.4 Å². The first-order valence-corrected chi connectivity index (χ1v) is 6.31. The van der Waals surface area contributed by atoms with Crippen LogP contribution >= 0.6 is 27.5 Å². The lowest BCUT2D eigenvalue weighted by Gasteiger charge is -2.22. The van der Waals surface area contributed by atoms with Crippen molar-refractivity contribution < 1.29 is 0 Å². The molecule has 0 bridgehead atoms. The lowest BCUT2D eigenvalue weighted by Crippen LogP contribution is -2.13. The third-order valence-corrected chi connectivity index (χ3v) is 3.48. The fourth-order valence-electron chi connectivity index (χ4n) is 1.92. The van der Waals surface area contributed by atoms with Gasteiger partial charge in [-0.15, -0.1) is 0 Å². The van der Waals surface area contributed by atoms with Crippen molar-refractivity contribution in [2.45, 2.75) is 26.2 Å². The third-order valence-electron chi connectivity index (χ3n) is 2.55. The first-order valence-electron chi connectivity index (χ1n) is 5.14. The van der Waals surface area contributed by atoms with Crippen LogP contribution in [0.4, 0.5) is 0 Å². The van der Waals surface area contributed by atoms with Gasteiger partial charge in [-0.05, 0) is 33.0 Å². The Morgan fingerprint density at radius 1 is 1.25 bits per heavy atom. The summed E-state index contributed by atoms with van der Waals surface area (Å²) in [6, 6.07) is 6.08. The second kappa shape index (κ2) is 4.01. The van der Waals surface area contributed by atoms with Crippen molar-refractivity contribution in [3.8, 4) is 0 Å². The minimum absolute atomic E-state index is 0.0130. The van der Waals surface area contributed by atoms with Crippen LogP contribution in [-0.4, -0.2) is 4.98 Å². The summed E-state index contributed by atoms with van der Waals surface area (Å²) in [5.74, 6) is 0. The van der Waals surface area contributed by atoms with Gasteiger partial charge in [0, 0.05) is 16.1 Å². The molecule has 1 nitrogen and oxygen atoms in total. The smallest absolute Gasteiger partial charge is 0.0848 e. The summed E-state index contributed by atoms with van der Waals surface area (Å²) in [7, 11) is 0. The van der Waals surface area contributed by atoms with Crippen molar-refractivity contribution in [2.24, 2.45) is 0 Å². The number of hydrogen-bond acceptors (Lipinski definition) is 1. The molecule has 0 N–H and O–H groups in total. The quantitative estimate of drug-likeness (QED) is 0.670. The van der Waals surface area contributed by atoms with Crippen LogP contribution in [-0.2, 0) is 5.41 Å². The number of hydrogen-bond donors (Lipinski definition) is 0. The van der Waals surface area contributed by atoms with Gasteiger partial charge in [0.15, 0.2) is 0 Å². The molecule has 0 atom stereocenters. The van der Waals surface area contributed by atoms with E-state index in [1.165, 1.54) is 0 Å². The van der Waals surface area contributed by atoms with Gasteiger partial charge in [0.25, 0.3) is 0 Å². The number of halogens is 2. The van der Waals surface area contributed by atoms with E-state index in [-0.39, 0.29) is 5.41 Å². The summed E-state index contributed by atoms with van der Waals surface area (Å²) in [4.78, 5) is 4.38. The zero-order chi connectivity index (χ0) is 11.9. The Morgan fingerprint density at radius 3 is 2.56 bits per heavy atom. The molecule has 0 fully saturated rings. The molecule has 0 radical (unpaired) electrons. The molecular weight excluding hydrogens is 286 g/mol. The van der Waals surface area contributed by atoms with Crippen LogP contribution in [0.3, 0.4) is 0 Å². The maximum atomic E-state index is 6.26. The number of para-hydroxylation sites is 1. The van der Waals surface area contributed by atoms with E-state index in [4.69, 9.17) is 11.6 Å². The van der Waals surface area contributed by atoms with Crippen LogP contribution in [0.15, 0.2) is 28.9 Å². The maximum absolute atomic E-state index is 6.26. The average Bonchev–Trinajstić information content (AvgIpc) is 2.15. The zero-order valence-electron chi connectivity index (χ0n) is 9.51. The lowest BCUT2D eigenvalue weighted by atomic mass is 9.85. The zero-order valence-corrected chi connectivity index (χ0v) is 11.9. The molecule has 1 aromatic carbocycles. The van der Waals surface area contributed by atoms with Crippen molar-refractivity contribution in [1.82, 2.24) is 4.98 Å². The maximum Gasteiger partial charge on any atom is 0.0848 e. The van der Waals surface area contributed by atoms with Crippen LogP contribution in [0, 0.1) is 0 Å². The third kappa shape index (κ3) is 1.96. The van der Waals surface area contributed by atoms with E-state index >= 15 is 0 Å². The molecule has 0 unspecified atom stereocenters. The summed E-state index contributed by atoms with van der Waals surface area (Å²) in [6.07, 6.45) is 1.73. The van der Waals surface area contributed by atoms with Crippen molar-refractivity contribution in [3.63, 3.8) is 0 Å². The predicted molar refractivity (Wildman–Crippen MR) is 73.2 cm³/mol. The normalized spacial score (nSPS) is 12.1. The minimum atomic E-state index is 0.0130. The van der Waals surface area contributed by atoms with Gasteiger partial charge in [0.05, 0.1) is 10.5 Å². The summed E-state index contributed by atoms with van der Waals surface area (Å²) in [5, 5.41) is 1.85. The van der Waals surface area contributed by atoms with E-state index in [9.17, 15) is 0 Å². The highest BCUT2D eigenvalue weighted by atomic mass is 79.9. The van der Waals surface area contributed by atoms with Gasteiger partial charge in [0.1, 0.15) is 0 Å². The highest BCUT2D eigenvalue weighted by Crippen LogP contribution is 2.36. The summed E-state index contributed by atoms with van der Waals surface area (Å²) in [5.41, 5.74) is 2.14. The molecule has 16 heavy (non-hydrogen) atoms. The van der Waals surface area contributed by atoms with Crippen LogP contribution in [0.25, 0.3) is 10.9 Å². The minimum Gasteiger partial charge on any atom is -0.253 e. The van der Waals surface area contributed by atoms with Gasteiger partial charge >= 0.3 is 0 Å². The molecule has 0 saturated carbocycles. The predicted octanol–water partition coefficient (Wildman–Crippen LogP) is 4.95. The van der Waals surface area contributed by atoms with E-state index < -0.39 is 0 Å². The van der Waals surface area contributed by atoms with E-state index in [1.807, 2.05) is 12.1 Å². The molecule has 2 rings (SSSR count). The first kappa shape index (κ1) is 11.9. The van der Waals surface area contributed by atoms with Gasteiger partial charge < -0.3 is 0 Å². The monoisotopic (exact) mass is 297 g/mol. The van der Waals surface area contributed by atoms with Gasteiger partial charge in [-0.3, -0.25) is 4.98 Å². The standard InChI is InChI=1S/C13H13BrClN/c1-13(2,3)11-8-5-4-6-9(14)12(8)16-7-10(11)15/h4-7H,1-3H3. The molecule has 1 aromatic heterocycles. The van der Waals surface area contributed by atoms with E-state index in [0.717, 1.165) is 26.0 Å². The number of fused-ring (bicyclic) bond motifs is 1. The van der Waals surface area contributed by atoms with Crippen LogP contribution < -0.4 is 0 Å². The molecule has 0 aliphatic rings. The molecule has 0 spiro atoms. The summed E-state index contributed by atoms with van der Waals surface area (Å²) < 4.78 is 1.01.